The van der Waals surface area contributed by atoms with Crippen LogP contribution in [0.3, 0.4) is 0 Å². The summed E-state index contributed by atoms with van der Waals surface area (Å²) in [6.45, 7) is 0. The van der Waals surface area contributed by atoms with Crippen molar-refractivity contribution in [2.45, 2.75) is 0 Å². The third kappa shape index (κ3) is 4.33. The molecule has 45 heavy (non-hydrogen) atoms. The maximum Gasteiger partial charge on any atom is 0.160 e. The van der Waals surface area contributed by atoms with Crippen molar-refractivity contribution in [3.05, 3.63) is 152 Å². The molecule has 0 aliphatic heterocycles. The van der Waals surface area contributed by atoms with Crippen LogP contribution < -0.4 is 0 Å². The summed E-state index contributed by atoms with van der Waals surface area (Å²) < 4.78 is 2.18. The first-order chi connectivity index (χ1) is 22.3. The Morgan fingerprint density at radius 1 is 0.400 bits per heavy atom. The van der Waals surface area contributed by atoms with Gasteiger partial charge in [-0.2, -0.15) is 0 Å². The number of imidazole rings is 1. The van der Waals surface area contributed by atoms with E-state index in [1.807, 2.05) is 42.5 Å². The topological polar surface area (TPSA) is 56.0 Å². The maximum absolute atomic E-state index is 5.25. The second-order valence-electron chi connectivity index (χ2n) is 11.2. The van der Waals surface area contributed by atoms with Gasteiger partial charge in [0.2, 0.25) is 0 Å². The Morgan fingerprint density at radius 3 is 1.67 bits per heavy atom. The molecule has 0 saturated carbocycles. The molecule has 0 aliphatic rings. The highest BCUT2D eigenvalue weighted by Gasteiger charge is 2.17. The number of hydrogen-bond acceptors (Lipinski definition) is 4. The molecule has 210 valence electrons. The minimum atomic E-state index is 0.679. The van der Waals surface area contributed by atoms with Crippen molar-refractivity contribution in [2.75, 3.05) is 0 Å². The van der Waals surface area contributed by atoms with Gasteiger partial charge in [-0.15, -0.1) is 0 Å². The molecule has 9 rings (SSSR count). The predicted octanol–water partition coefficient (Wildman–Crippen LogP) is 9.65. The quantitative estimate of drug-likeness (QED) is 0.196. The summed E-state index contributed by atoms with van der Waals surface area (Å²) >= 11 is 0. The van der Waals surface area contributed by atoms with Gasteiger partial charge in [-0.1, -0.05) is 121 Å². The Balaban J connectivity index is 1.22. The summed E-state index contributed by atoms with van der Waals surface area (Å²) in [6, 6.07) is 52.0. The number of hydrogen-bond donors (Lipinski definition) is 0. The Labute approximate surface area is 259 Å². The summed E-state index contributed by atoms with van der Waals surface area (Å²) in [6.07, 6.45) is 0. The van der Waals surface area contributed by atoms with Gasteiger partial charge in [0.1, 0.15) is 11.5 Å². The molecule has 3 aromatic heterocycles. The van der Waals surface area contributed by atoms with Gasteiger partial charge in [-0.05, 0) is 41.1 Å². The van der Waals surface area contributed by atoms with E-state index >= 15 is 0 Å². The normalized spacial score (nSPS) is 11.6. The molecule has 0 unspecified atom stereocenters. The zero-order valence-electron chi connectivity index (χ0n) is 24.2. The minimum Gasteiger partial charge on any atom is -0.276 e. The predicted molar refractivity (Wildman–Crippen MR) is 183 cm³/mol. The van der Waals surface area contributed by atoms with Crippen LogP contribution in [0.5, 0.6) is 0 Å². The molecule has 6 aromatic carbocycles. The number of benzene rings is 6. The average molecular weight is 576 g/mol. The van der Waals surface area contributed by atoms with Crippen molar-refractivity contribution >= 4 is 38.4 Å². The lowest BCUT2D eigenvalue weighted by Crippen LogP contribution is -1.99. The van der Waals surface area contributed by atoms with Crippen LogP contribution in [0.2, 0.25) is 0 Å². The molecule has 0 saturated heterocycles. The van der Waals surface area contributed by atoms with Crippen LogP contribution in [-0.2, 0) is 0 Å². The fraction of sp³-hybridized carbons (Fsp3) is 0. The third-order valence-electron chi connectivity index (χ3n) is 8.37. The van der Waals surface area contributed by atoms with Crippen LogP contribution in [0, 0.1) is 0 Å². The first kappa shape index (κ1) is 25.3. The van der Waals surface area contributed by atoms with Crippen LogP contribution in [-0.4, -0.2) is 24.3 Å². The van der Waals surface area contributed by atoms with Crippen LogP contribution in [0.4, 0.5) is 0 Å². The van der Waals surface area contributed by atoms with Gasteiger partial charge in [0, 0.05) is 27.6 Å². The first-order valence-corrected chi connectivity index (χ1v) is 15.0. The molecule has 0 aliphatic carbocycles. The SMILES string of the molecule is c1ccc(-c2cc(-c3ccccc3)nc(-c3ccc(-c4nc5cc6ccccc6cc5c5nc6ccccc6n45)cc3)n2)cc1. The molecular weight excluding hydrogens is 550 g/mol. The van der Waals surface area contributed by atoms with E-state index in [0.29, 0.717) is 5.82 Å². The summed E-state index contributed by atoms with van der Waals surface area (Å²) in [5, 5.41) is 3.36. The van der Waals surface area contributed by atoms with E-state index in [-0.39, 0.29) is 0 Å². The summed E-state index contributed by atoms with van der Waals surface area (Å²) in [5.41, 5.74) is 9.60. The zero-order valence-corrected chi connectivity index (χ0v) is 24.2. The van der Waals surface area contributed by atoms with E-state index in [1.165, 1.54) is 5.39 Å². The van der Waals surface area contributed by atoms with E-state index in [2.05, 4.69) is 114 Å². The van der Waals surface area contributed by atoms with E-state index in [9.17, 15) is 0 Å². The molecule has 0 N–H and O–H groups in total. The maximum atomic E-state index is 5.25. The molecule has 5 heteroatoms. The van der Waals surface area contributed by atoms with Crippen LogP contribution in [0.1, 0.15) is 0 Å². The van der Waals surface area contributed by atoms with Crippen LogP contribution >= 0.6 is 0 Å². The van der Waals surface area contributed by atoms with E-state index in [0.717, 1.165) is 72.4 Å². The van der Waals surface area contributed by atoms with E-state index in [4.69, 9.17) is 19.9 Å². The smallest absolute Gasteiger partial charge is 0.160 e. The van der Waals surface area contributed by atoms with Gasteiger partial charge in [0.15, 0.2) is 5.82 Å². The lowest BCUT2D eigenvalue weighted by atomic mass is 10.1. The van der Waals surface area contributed by atoms with Crippen molar-refractivity contribution < 1.29 is 0 Å². The van der Waals surface area contributed by atoms with Crippen molar-refractivity contribution in [1.82, 2.24) is 24.3 Å². The molecule has 0 atom stereocenters. The molecule has 0 fully saturated rings. The highest BCUT2D eigenvalue weighted by molar-refractivity contribution is 6.05. The average Bonchev–Trinajstić information content (AvgIpc) is 3.51. The number of fused-ring (bicyclic) bond motifs is 6. The van der Waals surface area contributed by atoms with Gasteiger partial charge in [0.05, 0.1) is 27.9 Å². The molecule has 0 spiro atoms. The number of para-hydroxylation sites is 2. The monoisotopic (exact) mass is 575 g/mol. The summed E-state index contributed by atoms with van der Waals surface area (Å²) in [7, 11) is 0. The van der Waals surface area contributed by atoms with Gasteiger partial charge >= 0.3 is 0 Å². The highest BCUT2D eigenvalue weighted by Crippen LogP contribution is 2.33. The molecule has 3 heterocycles. The molecule has 9 aromatic rings. The van der Waals surface area contributed by atoms with Gasteiger partial charge in [-0.25, -0.2) is 19.9 Å². The van der Waals surface area contributed by atoms with Crippen molar-refractivity contribution in [3.63, 3.8) is 0 Å². The Hall–Kier alpha value is -6.20. The van der Waals surface area contributed by atoms with Gasteiger partial charge < -0.3 is 0 Å². The number of aromatic nitrogens is 5. The zero-order chi connectivity index (χ0) is 29.7. The Kier molecular flexibility index (Phi) is 5.74. The lowest BCUT2D eigenvalue weighted by molar-refractivity contribution is 1.16. The fourth-order valence-corrected chi connectivity index (χ4v) is 6.14. The standard InChI is InChI=1S/C40H25N5/c1-3-11-26(12-4-1)34-25-35(27-13-5-2-6-14-27)42-38(41-34)28-19-21-29(22-20-28)39-44-36-24-31-16-8-7-15-30(31)23-32(36)40-43-33-17-9-10-18-37(33)45(39)40/h1-25H. The highest BCUT2D eigenvalue weighted by atomic mass is 15.1. The van der Waals surface area contributed by atoms with Crippen LogP contribution in [0.15, 0.2) is 152 Å². The summed E-state index contributed by atoms with van der Waals surface area (Å²) in [5.74, 6) is 1.52. The molecule has 5 nitrogen and oxygen atoms in total. The van der Waals surface area contributed by atoms with E-state index in [1.54, 1.807) is 0 Å². The van der Waals surface area contributed by atoms with Gasteiger partial charge in [-0.3, -0.25) is 4.40 Å². The Bertz CT molecular complexity index is 2460. The second-order valence-corrected chi connectivity index (χ2v) is 11.2. The minimum absolute atomic E-state index is 0.679. The number of rotatable bonds is 4. The van der Waals surface area contributed by atoms with E-state index < -0.39 is 0 Å². The van der Waals surface area contributed by atoms with Crippen molar-refractivity contribution in [3.8, 4) is 45.3 Å². The molecular formula is C40H25N5. The third-order valence-corrected chi connectivity index (χ3v) is 8.37. The molecule has 0 radical (unpaired) electrons. The first-order valence-electron chi connectivity index (χ1n) is 15.0. The lowest BCUT2D eigenvalue weighted by Gasteiger charge is -2.12. The molecule has 0 amide bonds. The van der Waals surface area contributed by atoms with Crippen LogP contribution in [0.25, 0.3) is 83.6 Å². The Morgan fingerprint density at radius 2 is 0.978 bits per heavy atom. The van der Waals surface area contributed by atoms with Gasteiger partial charge in [0.25, 0.3) is 0 Å². The van der Waals surface area contributed by atoms with Crippen molar-refractivity contribution in [1.29, 1.82) is 0 Å². The summed E-state index contributed by atoms with van der Waals surface area (Å²) in [4.78, 5) is 20.4. The second kappa shape index (κ2) is 10.2. The fourth-order valence-electron chi connectivity index (χ4n) is 6.14. The number of nitrogens with zero attached hydrogens (tertiary/aromatic N) is 5. The van der Waals surface area contributed by atoms with Crippen molar-refractivity contribution in [2.24, 2.45) is 0 Å². The largest absolute Gasteiger partial charge is 0.276 e. The molecule has 0 bridgehead atoms.